The second-order valence-corrected chi connectivity index (χ2v) is 7.66. The number of hydrogen-bond donors (Lipinski definition) is 2. The van der Waals surface area contributed by atoms with Crippen LogP contribution in [0.4, 0.5) is 0 Å². The van der Waals surface area contributed by atoms with Crippen LogP contribution in [-0.2, 0) is 19.6 Å². The lowest BCUT2D eigenvalue weighted by Gasteiger charge is -2.17. The molecule has 1 aromatic rings. The highest BCUT2D eigenvalue weighted by Gasteiger charge is 2.24. The van der Waals surface area contributed by atoms with Crippen LogP contribution in [0.15, 0.2) is 29.2 Å². The highest BCUT2D eigenvalue weighted by molar-refractivity contribution is 7.89. The van der Waals surface area contributed by atoms with Crippen LogP contribution in [0.3, 0.4) is 0 Å². The summed E-state index contributed by atoms with van der Waals surface area (Å²) in [6, 6.07) is 5.62. The van der Waals surface area contributed by atoms with Crippen molar-refractivity contribution in [1.82, 2.24) is 10.0 Å². The zero-order valence-electron chi connectivity index (χ0n) is 13.7. The molecule has 1 aromatic carbocycles. The van der Waals surface area contributed by atoms with Crippen LogP contribution in [0.1, 0.15) is 43.0 Å². The molecule has 0 saturated heterocycles. The standard InChI is InChI=1S/C16H22N2O5S/c1-11(15(19)18-13-7-3-4-8-13)23-16(20)12-6-5-9-14(10-12)24(21,22)17-2/h5-6,9-11,13,17H,3-4,7-8H2,1-2H3,(H,18,19)/t11-/m1/s1. The lowest BCUT2D eigenvalue weighted by molar-refractivity contribution is -0.129. The van der Waals surface area contributed by atoms with E-state index in [2.05, 4.69) is 10.0 Å². The summed E-state index contributed by atoms with van der Waals surface area (Å²) in [7, 11) is -2.36. The molecule has 8 heteroatoms. The van der Waals surface area contributed by atoms with Gasteiger partial charge < -0.3 is 10.1 Å². The summed E-state index contributed by atoms with van der Waals surface area (Å²) < 4.78 is 30.9. The summed E-state index contributed by atoms with van der Waals surface area (Å²) in [6.45, 7) is 1.50. The first-order chi connectivity index (χ1) is 11.3. The second kappa shape index (κ2) is 7.76. The molecule has 0 unspecified atom stereocenters. The monoisotopic (exact) mass is 354 g/mol. The Labute approximate surface area is 141 Å². The summed E-state index contributed by atoms with van der Waals surface area (Å²) in [6.07, 6.45) is 3.12. The third-order valence-corrected chi connectivity index (χ3v) is 5.42. The van der Waals surface area contributed by atoms with Gasteiger partial charge in [-0.3, -0.25) is 4.79 Å². The Bertz CT molecular complexity index is 711. The first-order valence-corrected chi connectivity index (χ1v) is 9.37. The Balaban J connectivity index is 2.01. The molecule has 132 valence electrons. The molecular formula is C16H22N2O5S. The minimum Gasteiger partial charge on any atom is -0.449 e. The van der Waals surface area contributed by atoms with E-state index < -0.39 is 22.1 Å². The van der Waals surface area contributed by atoms with Gasteiger partial charge in [-0.25, -0.2) is 17.9 Å². The molecule has 0 bridgehead atoms. The topological polar surface area (TPSA) is 102 Å². The number of nitrogens with one attached hydrogen (secondary N) is 2. The van der Waals surface area contributed by atoms with Crippen LogP contribution < -0.4 is 10.0 Å². The molecule has 1 amide bonds. The molecule has 24 heavy (non-hydrogen) atoms. The van der Waals surface area contributed by atoms with Crippen molar-refractivity contribution < 1.29 is 22.7 Å². The molecule has 1 atom stereocenters. The minimum atomic E-state index is -3.65. The van der Waals surface area contributed by atoms with Gasteiger partial charge in [0, 0.05) is 6.04 Å². The van der Waals surface area contributed by atoms with E-state index in [1.165, 1.54) is 38.2 Å². The van der Waals surface area contributed by atoms with Crippen LogP contribution in [0, 0.1) is 0 Å². The normalized spacial score (nSPS) is 16.6. The van der Waals surface area contributed by atoms with Crippen molar-refractivity contribution in [2.75, 3.05) is 7.05 Å². The van der Waals surface area contributed by atoms with E-state index in [9.17, 15) is 18.0 Å². The van der Waals surface area contributed by atoms with Crippen molar-refractivity contribution in [3.63, 3.8) is 0 Å². The Morgan fingerprint density at radius 1 is 1.25 bits per heavy atom. The van der Waals surface area contributed by atoms with E-state index in [0.29, 0.717) is 0 Å². The number of carbonyl (C=O) groups is 2. The van der Waals surface area contributed by atoms with Crippen LogP contribution in [0.5, 0.6) is 0 Å². The van der Waals surface area contributed by atoms with E-state index in [4.69, 9.17) is 4.74 Å². The van der Waals surface area contributed by atoms with Gasteiger partial charge in [0.05, 0.1) is 10.5 Å². The number of benzene rings is 1. The van der Waals surface area contributed by atoms with Crippen LogP contribution >= 0.6 is 0 Å². The van der Waals surface area contributed by atoms with Crippen molar-refractivity contribution in [3.8, 4) is 0 Å². The fraction of sp³-hybridized carbons (Fsp3) is 0.500. The first kappa shape index (κ1) is 18.4. The van der Waals surface area contributed by atoms with Gasteiger partial charge in [0.25, 0.3) is 5.91 Å². The van der Waals surface area contributed by atoms with Crippen LogP contribution in [-0.4, -0.2) is 39.5 Å². The summed E-state index contributed by atoms with van der Waals surface area (Å²) in [4.78, 5) is 24.2. The van der Waals surface area contributed by atoms with E-state index in [0.717, 1.165) is 25.7 Å². The Morgan fingerprint density at radius 2 is 1.92 bits per heavy atom. The molecule has 2 N–H and O–H groups in total. The maximum atomic E-state index is 12.1. The fourth-order valence-corrected chi connectivity index (χ4v) is 3.35. The number of amides is 1. The highest BCUT2D eigenvalue weighted by atomic mass is 32.2. The smallest absolute Gasteiger partial charge is 0.338 e. The number of rotatable bonds is 6. The molecule has 1 aliphatic rings. The van der Waals surface area contributed by atoms with E-state index >= 15 is 0 Å². The third-order valence-electron chi connectivity index (χ3n) is 4.00. The van der Waals surface area contributed by atoms with Crippen molar-refractivity contribution in [3.05, 3.63) is 29.8 Å². The fourth-order valence-electron chi connectivity index (χ4n) is 2.58. The average Bonchev–Trinajstić information content (AvgIpc) is 3.07. The maximum absolute atomic E-state index is 12.1. The molecule has 0 aliphatic heterocycles. The summed E-state index contributed by atoms with van der Waals surface area (Å²) in [5.74, 6) is -1.08. The predicted octanol–water partition coefficient (Wildman–Crippen LogP) is 1.20. The molecule has 1 aliphatic carbocycles. The van der Waals surface area contributed by atoms with Gasteiger partial charge in [-0.05, 0) is 45.0 Å². The zero-order chi connectivity index (χ0) is 17.7. The Morgan fingerprint density at radius 3 is 2.54 bits per heavy atom. The van der Waals surface area contributed by atoms with E-state index in [1.807, 2.05) is 0 Å². The first-order valence-electron chi connectivity index (χ1n) is 7.88. The number of ether oxygens (including phenoxy) is 1. The second-order valence-electron chi connectivity index (χ2n) is 5.77. The molecule has 0 spiro atoms. The van der Waals surface area contributed by atoms with Gasteiger partial charge in [0.15, 0.2) is 6.10 Å². The zero-order valence-corrected chi connectivity index (χ0v) is 14.6. The molecule has 7 nitrogen and oxygen atoms in total. The Kier molecular flexibility index (Phi) is 5.95. The molecule has 2 rings (SSSR count). The highest BCUT2D eigenvalue weighted by Crippen LogP contribution is 2.18. The molecule has 1 fully saturated rings. The van der Waals surface area contributed by atoms with Gasteiger partial charge in [0.1, 0.15) is 0 Å². The van der Waals surface area contributed by atoms with E-state index in [-0.39, 0.29) is 22.4 Å². The summed E-state index contributed by atoms with van der Waals surface area (Å²) in [5, 5.41) is 2.86. The minimum absolute atomic E-state index is 0.0393. The maximum Gasteiger partial charge on any atom is 0.338 e. The van der Waals surface area contributed by atoms with Crippen molar-refractivity contribution in [2.45, 2.75) is 49.6 Å². The molecular weight excluding hydrogens is 332 g/mol. The molecule has 0 radical (unpaired) electrons. The molecule has 0 heterocycles. The van der Waals surface area contributed by atoms with Gasteiger partial charge in [-0.1, -0.05) is 18.9 Å². The van der Waals surface area contributed by atoms with Gasteiger partial charge >= 0.3 is 5.97 Å². The molecule has 0 aromatic heterocycles. The predicted molar refractivity (Wildman–Crippen MR) is 88.0 cm³/mol. The van der Waals surface area contributed by atoms with Crippen LogP contribution in [0.25, 0.3) is 0 Å². The van der Waals surface area contributed by atoms with Crippen molar-refractivity contribution in [1.29, 1.82) is 0 Å². The van der Waals surface area contributed by atoms with Gasteiger partial charge in [-0.15, -0.1) is 0 Å². The quantitative estimate of drug-likeness (QED) is 0.748. The number of carbonyl (C=O) groups excluding carboxylic acids is 2. The van der Waals surface area contributed by atoms with Gasteiger partial charge in [-0.2, -0.15) is 0 Å². The average molecular weight is 354 g/mol. The largest absolute Gasteiger partial charge is 0.449 e. The van der Waals surface area contributed by atoms with Crippen molar-refractivity contribution in [2.24, 2.45) is 0 Å². The number of esters is 1. The lowest BCUT2D eigenvalue weighted by Crippen LogP contribution is -2.40. The molecule has 1 saturated carbocycles. The summed E-state index contributed by atoms with van der Waals surface area (Å²) in [5.41, 5.74) is 0.0758. The lowest BCUT2D eigenvalue weighted by atomic mass is 10.2. The van der Waals surface area contributed by atoms with Crippen LogP contribution in [0.2, 0.25) is 0 Å². The SMILES string of the molecule is CNS(=O)(=O)c1cccc(C(=O)O[C@H](C)C(=O)NC2CCCC2)c1. The third kappa shape index (κ3) is 4.55. The summed E-state index contributed by atoms with van der Waals surface area (Å²) >= 11 is 0. The Hall–Kier alpha value is -1.93. The number of hydrogen-bond acceptors (Lipinski definition) is 5. The van der Waals surface area contributed by atoms with E-state index in [1.54, 1.807) is 0 Å². The van der Waals surface area contributed by atoms with Gasteiger partial charge in [0.2, 0.25) is 10.0 Å². The number of sulfonamides is 1. The van der Waals surface area contributed by atoms with Crippen molar-refractivity contribution >= 4 is 21.9 Å².